The van der Waals surface area contributed by atoms with Crippen LogP contribution >= 0.6 is 15.9 Å². The standard InChI is InChI=1S/C23H21BrN4O/c1-27(20-7-9-21(29-2)10-8-20)19-5-3-17(4-6-19)16-28-14-13-26-23(28)22-15-18(24)11-12-25-22/h3-15H,16H2,1-2H3. The number of halogens is 1. The summed E-state index contributed by atoms with van der Waals surface area (Å²) < 4.78 is 8.33. The van der Waals surface area contributed by atoms with E-state index in [1.54, 1.807) is 13.3 Å². The highest BCUT2D eigenvalue weighted by atomic mass is 79.9. The molecular weight excluding hydrogens is 428 g/mol. The molecule has 4 rings (SSSR count). The Balaban J connectivity index is 1.51. The number of imidazole rings is 1. The van der Waals surface area contributed by atoms with Gasteiger partial charge in [0.15, 0.2) is 5.82 Å². The normalized spacial score (nSPS) is 10.7. The SMILES string of the molecule is COc1ccc(N(C)c2ccc(Cn3ccnc3-c3cc(Br)ccn3)cc2)cc1. The van der Waals surface area contributed by atoms with Crippen molar-refractivity contribution in [3.63, 3.8) is 0 Å². The third kappa shape index (κ3) is 4.32. The number of nitrogens with zero attached hydrogens (tertiary/aromatic N) is 4. The van der Waals surface area contributed by atoms with Crippen LogP contribution in [0.1, 0.15) is 5.56 Å². The van der Waals surface area contributed by atoms with Crippen LogP contribution in [-0.4, -0.2) is 28.7 Å². The fourth-order valence-electron chi connectivity index (χ4n) is 3.17. The van der Waals surface area contributed by atoms with E-state index < -0.39 is 0 Å². The van der Waals surface area contributed by atoms with Gasteiger partial charge in [-0.15, -0.1) is 0 Å². The van der Waals surface area contributed by atoms with E-state index >= 15 is 0 Å². The summed E-state index contributed by atoms with van der Waals surface area (Å²) in [6.45, 7) is 0.732. The molecule has 2 aromatic heterocycles. The van der Waals surface area contributed by atoms with Gasteiger partial charge in [0.1, 0.15) is 11.4 Å². The summed E-state index contributed by atoms with van der Waals surface area (Å²) in [5.74, 6) is 1.71. The minimum absolute atomic E-state index is 0.732. The Kier molecular flexibility index (Phi) is 5.62. The molecule has 4 aromatic rings. The maximum atomic E-state index is 5.24. The van der Waals surface area contributed by atoms with E-state index in [9.17, 15) is 0 Å². The van der Waals surface area contributed by atoms with Gasteiger partial charge in [0, 0.05) is 48.0 Å². The average Bonchev–Trinajstić information content (AvgIpc) is 3.22. The Morgan fingerprint density at radius 2 is 1.62 bits per heavy atom. The van der Waals surface area contributed by atoms with Crippen LogP contribution in [0.5, 0.6) is 5.75 Å². The van der Waals surface area contributed by atoms with Crippen molar-refractivity contribution >= 4 is 27.3 Å². The van der Waals surface area contributed by atoms with Gasteiger partial charge in [0.05, 0.1) is 7.11 Å². The highest BCUT2D eigenvalue weighted by molar-refractivity contribution is 9.10. The summed E-state index contributed by atoms with van der Waals surface area (Å²) in [5, 5.41) is 0. The monoisotopic (exact) mass is 448 g/mol. The van der Waals surface area contributed by atoms with Crippen LogP contribution in [0, 0.1) is 0 Å². The zero-order valence-electron chi connectivity index (χ0n) is 16.3. The summed E-state index contributed by atoms with van der Waals surface area (Å²) >= 11 is 3.50. The van der Waals surface area contributed by atoms with E-state index in [0.717, 1.165) is 39.7 Å². The smallest absolute Gasteiger partial charge is 0.158 e. The lowest BCUT2D eigenvalue weighted by molar-refractivity contribution is 0.415. The van der Waals surface area contributed by atoms with Crippen LogP contribution in [0.3, 0.4) is 0 Å². The van der Waals surface area contributed by atoms with Crippen molar-refractivity contribution in [2.24, 2.45) is 0 Å². The summed E-state index contributed by atoms with van der Waals surface area (Å²) in [4.78, 5) is 11.1. The van der Waals surface area contributed by atoms with Crippen molar-refractivity contribution in [1.29, 1.82) is 0 Å². The summed E-state index contributed by atoms with van der Waals surface area (Å²) in [7, 11) is 3.74. The summed E-state index contributed by atoms with van der Waals surface area (Å²) in [6.07, 6.45) is 5.57. The molecule has 29 heavy (non-hydrogen) atoms. The van der Waals surface area contributed by atoms with Crippen LogP contribution < -0.4 is 9.64 Å². The largest absolute Gasteiger partial charge is 0.497 e. The van der Waals surface area contributed by atoms with Crippen molar-refractivity contribution in [2.45, 2.75) is 6.54 Å². The third-order valence-corrected chi connectivity index (χ3v) is 5.30. The quantitative estimate of drug-likeness (QED) is 0.388. The molecule has 146 valence electrons. The Morgan fingerprint density at radius 3 is 2.28 bits per heavy atom. The molecule has 0 atom stereocenters. The first kappa shape index (κ1) is 19.2. The van der Waals surface area contributed by atoms with Crippen LogP contribution in [0.25, 0.3) is 11.5 Å². The molecule has 2 aromatic carbocycles. The molecule has 2 heterocycles. The fraction of sp³-hybridized carbons (Fsp3) is 0.130. The zero-order valence-corrected chi connectivity index (χ0v) is 17.9. The minimum atomic E-state index is 0.732. The molecule has 0 aliphatic heterocycles. The van der Waals surface area contributed by atoms with Gasteiger partial charge >= 0.3 is 0 Å². The summed E-state index contributed by atoms with van der Waals surface area (Å²) in [6, 6.07) is 20.5. The maximum Gasteiger partial charge on any atom is 0.158 e. The number of hydrogen-bond acceptors (Lipinski definition) is 4. The van der Waals surface area contributed by atoms with Crippen molar-refractivity contribution in [2.75, 3.05) is 19.1 Å². The Labute approximate surface area is 178 Å². The van der Waals surface area contributed by atoms with Crippen LogP contribution in [0.4, 0.5) is 11.4 Å². The molecule has 0 fully saturated rings. The molecule has 0 radical (unpaired) electrons. The predicted octanol–water partition coefficient (Wildman–Crippen LogP) is 5.53. The topological polar surface area (TPSA) is 43.2 Å². The molecule has 0 amide bonds. The van der Waals surface area contributed by atoms with Gasteiger partial charge in [0.2, 0.25) is 0 Å². The number of ether oxygens (including phenoxy) is 1. The maximum absolute atomic E-state index is 5.24. The number of methoxy groups -OCH3 is 1. The van der Waals surface area contributed by atoms with Crippen molar-refractivity contribution in [3.8, 4) is 17.3 Å². The molecular formula is C23H21BrN4O. The van der Waals surface area contributed by atoms with Gasteiger partial charge in [0.25, 0.3) is 0 Å². The van der Waals surface area contributed by atoms with E-state index in [0.29, 0.717) is 0 Å². The van der Waals surface area contributed by atoms with Gasteiger partial charge in [-0.2, -0.15) is 0 Å². The van der Waals surface area contributed by atoms with E-state index in [1.807, 2.05) is 36.7 Å². The molecule has 5 nitrogen and oxygen atoms in total. The van der Waals surface area contributed by atoms with E-state index in [-0.39, 0.29) is 0 Å². The first-order chi connectivity index (χ1) is 14.1. The first-order valence-corrected chi connectivity index (χ1v) is 10.0. The van der Waals surface area contributed by atoms with Gasteiger partial charge in [-0.3, -0.25) is 4.98 Å². The van der Waals surface area contributed by atoms with Gasteiger partial charge < -0.3 is 14.2 Å². The third-order valence-electron chi connectivity index (χ3n) is 4.80. The molecule has 0 bridgehead atoms. The zero-order chi connectivity index (χ0) is 20.2. The van der Waals surface area contributed by atoms with Crippen molar-refractivity contribution in [1.82, 2.24) is 14.5 Å². The number of pyridine rings is 1. The molecule has 0 aliphatic carbocycles. The van der Waals surface area contributed by atoms with Crippen LogP contribution in [-0.2, 0) is 6.54 Å². The lowest BCUT2D eigenvalue weighted by Gasteiger charge is -2.20. The Bertz CT molecular complexity index is 1090. The molecule has 0 N–H and O–H groups in total. The van der Waals surface area contributed by atoms with Crippen LogP contribution in [0.2, 0.25) is 0 Å². The van der Waals surface area contributed by atoms with E-state index in [2.05, 4.69) is 78.8 Å². The molecule has 0 spiro atoms. The molecule has 0 saturated heterocycles. The second-order valence-corrected chi connectivity index (χ2v) is 7.58. The van der Waals surface area contributed by atoms with E-state index in [4.69, 9.17) is 4.74 Å². The predicted molar refractivity (Wildman–Crippen MR) is 120 cm³/mol. The van der Waals surface area contributed by atoms with Gasteiger partial charge in [-0.25, -0.2) is 4.98 Å². The molecule has 0 aliphatic rings. The van der Waals surface area contributed by atoms with Crippen LogP contribution in [0.15, 0.2) is 83.7 Å². The lowest BCUT2D eigenvalue weighted by atomic mass is 10.1. The lowest BCUT2D eigenvalue weighted by Crippen LogP contribution is -2.09. The number of hydrogen-bond donors (Lipinski definition) is 0. The molecule has 0 saturated carbocycles. The molecule has 6 heteroatoms. The molecule has 0 unspecified atom stereocenters. The van der Waals surface area contributed by atoms with Gasteiger partial charge in [-0.1, -0.05) is 28.1 Å². The van der Waals surface area contributed by atoms with Crippen molar-refractivity contribution in [3.05, 3.63) is 89.3 Å². The van der Waals surface area contributed by atoms with E-state index in [1.165, 1.54) is 5.56 Å². The highest BCUT2D eigenvalue weighted by Gasteiger charge is 2.09. The average molecular weight is 449 g/mol. The second-order valence-electron chi connectivity index (χ2n) is 6.66. The highest BCUT2D eigenvalue weighted by Crippen LogP contribution is 2.26. The Morgan fingerprint density at radius 1 is 0.931 bits per heavy atom. The number of rotatable bonds is 6. The Hall–Kier alpha value is -3.12. The number of aromatic nitrogens is 3. The summed E-state index contributed by atoms with van der Waals surface area (Å²) in [5.41, 5.74) is 4.28. The minimum Gasteiger partial charge on any atom is -0.497 e. The fourth-order valence-corrected chi connectivity index (χ4v) is 3.51. The number of anilines is 2. The first-order valence-electron chi connectivity index (χ1n) is 9.24. The second kappa shape index (κ2) is 8.49. The number of benzene rings is 2. The van der Waals surface area contributed by atoms with Gasteiger partial charge in [-0.05, 0) is 54.1 Å². The van der Waals surface area contributed by atoms with Crippen molar-refractivity contribution < 1.29 is 4.74 Å².